The second-order valence-corrected chi connectivity index (χ2v) is 6.90. The number of ketones is 1. The van der Waals surface area contributed by atoms with Crippen LogP contribution in [-0.2, 0) is 20.9 Å². The molecule has 0 N–H and O–H groups in total. The van der Waals surface area contributed by atoms with Crippen LogP contribution in [0.4, 0.5) is 0 Å². The van der Waals surface area contributed by atoms with Gasteiger partial charge in [0.25, 0.3) is 5.91 Å². The van der Waals surface area contributed by atoms with E-state index in [2.05, 4.69) is 4.98 Å². The molecule has 3 rings (SSSR count). The fraction of sp³-hybridized carbons (Fsp3) is 0.611. The van der Waals surface area contributed by atoms with E-state index in [-0.39, 0.29) is 35.7 Å². The minimum atomic E-state index is -0.345. The molecule has 0 bridgehead atoms. The molecule has 6 heteroatoms. The summed E-state index contributed by atoms with van der Waals surface area (Å²) in [4.78, 5) is 30.9. The lowest BCUT2D eigenvalue weighted by molar-refractivity contribution is -0.141. The zero-order valence-electron chi connectivity index (χ0n) is 14.3. The SMILES string of the molecule is CC(C)C1C(=O)C(=O)N(CCCn2ccnc2)C1C1CCC=CO1. The van der Waals surface area contributed by atoms with Crippen LogP contribution in [0.25, 0.3) is 0 Å². The van der Waals surface area contributed by atoms with Crippen LogP contribution in [0.1, 0.15) is 33.1 Å². The molecule has 0 saturated carbocycles. The van der Waals surface area contributed by atoms with E-state index in [1.165, 1.54) is 0 Å². The Morgan fingerprint density at radius 1 is 1.33 bits per heavy atom. The van der Waals surface area contributed by atoms with Crippen LogP contribution in [0.5, 0.6) is 0 Å². The number of aryl methyl sites for hydroxylation is 1. The maximum atomic E-state index is 12.5. The Kier molecular flexibility index (Phi) is 5.02. The molecule has 1 aromatic rings. The van der Waals surface area contributed by atoms with E-state index in [1.54, 1.807) is 23.7 Å². The van der Waals surface area contributed by atoms with Crippen LogP contribution in [0, 0.1) is 11.8 Å². The quantitative estimate of drug-likeness (QED) is 0.748. The number of carbonyl (C=O) groups is 2. The van der Waals surface area contributed by atoms with Gasteiger partial charge in [-0.3, -0.25) is 9.59 Å². The third kappa shape index (κ3) is 3.23. The average Bonchev–Trinajstić information content (AvgIpc) is 3.17. The Bertz CT molecular complexity index is 609. The fourth-order valence-electron chi connectivity index (χ4n) is 3.80. The largest absolute Gasteiger partial charge is 0.496 e. The smallest absolute Gasteiger partial charge is 0.290 e. The summed E-state index contributed by atoms with van der Waals surface area (Å²) in [7, 11) is 0. The molecule has 130 valence electrons. The lowest BCUT2D eigenvalue weighted by Crippen LogP contribution is -2.46. The molecule has 0 aromatic carbocycles. The first-order valence-corrected chi connectivity index (χ1v) is 8.70. The first-order chi connectivity index (χ1) is 11.6. The number of Topliss-reactive ketones (excluding diaryl/α,β-unsaturated/α-hetero) is 1. The van der Waals surface area contributed by atoms with E-state index in [0.717, 1.165) is 25.8 Å². The van der Waals surface area contributed by atoms with Gasteiger partial charge in [0.15, 0.2) is 0 Å². The topological polar surface area (TPSA) is 64.4 Å². The summed E-state index contributed by atoms with van der Waals surface area (Å²) in [5, 5.41) is 0. The molecular formula is C18H25N3O3. The third-order valence-electron chi connectivity index (χ3n) is 4.94. The van der Waals surface area contributed by atoms with Gasteiger partial charge in [-0.2, -0.15) is 0 Å². The Morgan fingerprint density at radius 3 is 2.79 bits per heavy atom. The number of amides is 1. The van der Waals surface area contributed by atoms with Gasteiger partial charge >= 0.3 is 0 Å². The van der Waals surface area contributed by atoms with Gasteiger partial charge in [0.05, 0.1) is 24.5 Å². The zero-order valence-corrected chi connectivity index (χ0v) is 14.3. The number of likely N-dealkylation sites (tertiary alicyclic amines) is 1. The van der Waals surface area contributed by atoms with Crippen molar-refractivity contribution in [3.05, 3.63) is 31.1 Å². The highest BCUT2D eigenvalue weighted by Crippen LogP contribution is 2.34. The molecule has 6 nitrogen and oxygen atoms in total. The third-order valence-corrected chi connectivity index (χ3v) is 4.94. The Labute approximate surface area is 142 Å². The summed E-state index contributed by atoms with van der Waals surface area (Å²) >= 11 is 0. The summed E-state index contributed by atoms with van der Waals surface area (Å²) in [6, 6.07) is -0.155. The van der Waals surface area contributed by atoms with Crippen molar-refractivity contribution in [3.8, 4) is 0 Å². The highest BCUT2D eigenvalue weighted by Gasteiger charge is 2.51. The van der Waals surface area contributed by atoms with Crippen molar-refractivity contribution in [3.63, 3.8) is 0 Å². The van der Waals surface area contributed by atoms with Crippen molar-refractivity contribution >= 4 is 11.7 Å². The first kappa shape index (κ1) is 16.7. The molecule has 3 heterocycles. The van der Waals surface area contributed by atoms with E-state index in [1.807, 2.05) is 30.7 Å². The molecule has 1 amide bonds. The molecule has 1 fully saturated rings. The Hall–Kier alpha value is -2.11. The van der Waals surface area contributed by atoms with Crippen LogP contribution < -0.4 is 0 Å². The molecule has 0 aliphatic carbocycles. The summed E-state index contributed by atoms with van der Waals surface area (Å²) in [5.74, 6) is -0.750. The maximum Gasteiger partial charge on any atom is 0.290 e. The second-order valence-electron chi connectivity index (χ2n) is 6.90. The molecule has 3 atom stereocenters. The summed E-state index contributed by atoms with van der Waals surface area (Å²) in [6.45, 7) is 5.37. The standard InChI is InChI=1S/C18H25N3O3/c1-13(2)15-16(14-6-3-4-11-24-14)21(18(23)17(15)22)9-5-8-20-10-7-19-12-20/h4,7,10-16H,3,5-6,8-9H2,1-2H3. The predicted octanol–water partition coefficient (Wildman–Crippen LogP) is 2.02. The van der Waals surface area contributed by atoms with Crippen molar-refractivity contribution in [1.29, 1.82) is 0 Å². The zero-order chi connectivity index (χ0) is 17.1. The van der Waals surface area contributed by atoms with Gasteiger partial charge in [0, 0.05) is 25.5 Å². The fourth-order valence-corrected chi connectivity index (χ4v) is 3.80. The van der Waals surface area contributed by atoms with Crippen LogP contribution in [0.15, 0.2) is 31.1 Å². The highest BCUT2D eigenvalue weighted by molar-refractivity contribution is 6.39. The number of rotatable bonds is 6. The van der Waals surface area contributed by atoms with Gasteiger partial charge in [-0.25, -0.2) is 4.98 Å². The minimum Gasteiger partial charge on any atom is -0.496 e. The number of imidazole rings is 1. The average molecular weight is 331 g/mol. The number of hydrogen-bond acceptors (Lipinski definition) is 4. The normalized spacial score (nSPS) is 27.1. The summed E-state index contributed by atoms with van der Waals surface area (Å²) in [6.07, 6.45) is 11.6. The lowest BCUT2D eigenvalue weighted by Gasteiger charge is -2.35. The molecule has 24 heavy (non-hydrogen) atoms. The number of nitrogens with zero attached hydrogens (tertiary/aromatic N) is 3. The number of carbonyl (C=O) groups excluding carboxylic acids is 2. The van der Waals surface area contributed by atoms with Crippen LogP contribution in [0.3, 0.4) is 0 Å². The van der Waals surface area contributed by atoms with Crippen molar-refractivity contribution in [2.24, 2.45) is 11.8 Å². The molecule has 3 unspecified atom stereocenters. The van der Waals surface area contributed by atoms with Gasteiger partial charge in [0.1, 0.15) is 6.10 Å². The van der Waals surface area contributed by atoms with Gasteiger partial charge in [-0.15, -0.1) is 0 Å². The molecule has 0 spiro atoms. The van der Waals surface area contributed by atoms with E-state index in [0.29, 0.717) is 6.54 Å². The van der Waals surface area contributed by atoms with Crippen molar-refractivity contribution < 1.29 is 14.3 Å². The van der Waals surface area contributed by atoms with Crippen molar-refractivity contribution in [1.82, 2.24) is 14.5 Å². The number of hydrogen-bond donors (Lipinski definition) is 0. The number of aromatic nitrogens is 2. The monoisotopic (exact) mass is 331 g/mol. The Morgan fingerprint density at radius 2 is 2.17 bits per heavy atom. The van der Waals surface area contributed by atoms with Crippen LogP contribution >= 0.6 is 0 Å². The lowest BCUT2D eigenvalue weighted by atomic mass is 9.83. The van der Waals surface area contributed by atoms with Gasteiger partial charge in [-0.05, 0) is 31.3 Å². The molecule has 1 aromatic heterocycles. The van der Waals surface area contributed by atoms with E-state index < -0.39 is 0 Å². The molecule has 1 saturated heterocycles. The first-order valence-electron chi connectivity index (χ1n) is 8.70. The van der Waals surface area contributed by atoms with E-state index in [4.69, 9.17) is 4.74 Å². The summed E-state index contributed by atoms with van der Waals surface area (Å²) in [5.41, 5.74) is 0. The van der Waals surface area contributed by atoms with Crippen molar-refractivity contribution in [2.45, 2.75) is 51.8 Å². The maximum absolute atomic E-state index is 12.5. The second kappa shape index (κ2) is 7.20. The molecule has 2 aliphatic heterocycles. The van der Waals surface area contributed by atoms with Crippen LogP contribution in [-0.4, -0.2) is 44.8 Å². The predicted molar refractivity (Wildman–Crippen MR) is 88.9 cm³/mol. The van der Waals surface area contributed by atoms with Gasteiger partial charge in [0.2, 0.25) is 5.78 Å². The molecule has 0 radical (unpaired) electrons. The van der Waals surface area contributed by atoms with Crippen molar-refractivity contribution in [2.75, 3.05) is 6.54 Å². The number of ether oxygens (including phenoxy) is 1. The summed E-state index contributed by atoms with van der Waals surface area (Å²) < 4.78 is 7.76. The minimum absolute atomic E-state index is 0.0916. The van der Waals surface area contributed by atoms with E-state index in [9.17, 15) is 9.59 Å². The number of allylic oxidation sites excluding steroid dienone is 1. The molecule has 2 aliphatic rings. The van der Waals surface area contributed by atoms with Crippen LogP contribution in [0.2, 0.25) is 0 Å². The van der Waals surface area contributed by atoms with E-state index >= 15 is 0 Å². The van der Waals surface area contributed by atoms with Gasteiger partial charge in [-0.1, -0.05) is 13.8 Å². The van der Waals surface area contributed by atoms with Gasteiger partial charge < -0.3 is 14.2 Å². The molecular weight excluding hydrogens is 306 g/mol. The highest BCUT2D eigenvalue weighted by atomic mass is 16.5. The Balaban J connectivity index is 1.74.